The molecule has 3 rings (SSSR count). The Labute approximate surface area is 193 Å². The molecule has 0 aliphatic carbocycles. The van der Waals surface area contributed by atoms with Gasteiger partial charge in [-0.1, -0.05) is 60.2 Å². The molecule has 0 saturated carbocycles. The molecule has 0 aromatic heterocycles. The number of aliphatic hydroxyl groups is 1. The number of carbonyl (C=O) groups is 1. The number of hydrogen-bond acceptors (Lipinski definition) is 2. The first-order chi connectivity index (χ1) is 14.9. The summed E-state index contributed by atoms with van der Waals surface area (Å²) in [6.45, 7) is 2.48. The smallest absolute Gasteiger partial charge is 0.229 e. The summed E-state index contributed by atoms with van der Waals surface area (Å²) in [4.78, 5) is 14.6. The molecule has 1 amide bonds. The first kappa shape index (κ1) is 23.6. The Hall–Kier alpha value is -2.06. The van der Waals surface area contributed by atoms with E-state index in [0.717, 1.165) is 12.8 Å². The Morgan fingerprint density at radius 2 is 1.90 bits per heavy atom. The van der Waals surface area contributed by atoms with Gasteiger partial charge in [-0.3, -0.25) is 4.79 Å². The van der Waals surface area contributed by atoms with Crippen LogP contribution >= 0.6 is 23.2 Å². The van der Waals surface area contributed by atoms with E-state index in [0.29, 0.717) is 52.7 Å². The summed E-state index contributed by atoms with van der Waals surface area (Å²) >= 11 is 13.1. The van der Waals surface area contributed by atoms with E-state index in [1.165, 1.54) is 6.07 Å². The number of anilines is 1. The summed E-state index contributed by atoms with van der Waals surface area (Å²) in [7, 11) is 0. The molecule has 0 spiro atoms. The summed E-state index contributed by atoms with van der Waals surface area (Å²) < 4.78 is 14.1. The highest BCUT2D eigenvalue weighted by molar-refractivity contribution is 6.40. The van der Waals surface area contributed by atoms with E-state index >= 15 is 0 Å². The van der Waals surface area contributed by atoms with Gasteiger partial charge in [0.05, 0.1) is 15.7 Å². The maximum Gasteiger partial charge on any atom is 0.229 e. The maximum atomic E-state index is 14.1. The van der Waals surface area contributed by atoms with Gasteiger partial charge in [-0.25, -0.2) is 4.39 Å². The van der Waals surface area contributed by atoms with Crippen molar-refractivity contribution in [3.63, 3.8) is 0 Å². The predicted octanol–water partition coefficient (Wildman–Crippen LogP) is 5.88. The van der Waals surface area contributed by atoms with Gasteiger partial charge < -0.3 is 10.0 Å². The summed E-state index contributed by atoms with van der Waals surface area (Å²) in [5.41, 5.74) is 1.82. The van der Waals surface area contributed by atoms with Gasteiger partial charge in [0.15, 0.2) is 0 Å². The van der Waals surface area contributed by atoms with Crippen molar-refractivity contribution in [3.8, 4) is 11.8 Å². The second kappa shape index (κ2) is 11.0. The van der Waals surface area contributed by atoms with Gasteiger partial charge in [-0.15, -0.1) is 0 Å². The number of rotatable bonds is 6. The molecule has 0 unspecified atom stereocenters. The van der Waals surface area contributed by atoms with Crippen molar-refractivity contribution < 1.29 is 14.3 Å². The van der Waals surface area contributed by atoms with E-state index in [1.807, 2.05) is 13.0 Å². The third kappa shape index (κ3) is 6.01. The number of unbranched alkanes of at least 4 members (excludes halogenated alkanes) is 2. The largest absolute Gasteiger partial charge is 0.396 e. The fraction of sp³-hybridized carbons (Fsp3) is 0.400. The lowest BCUT2D eigenvalue weighted by atomic mass is 9.85. The Morgan fingerprint density at radius 3 is 2.58 bits per heavy atom. The van der Waals surface area contributed by atoms with Crippen molar-refractivity contribution in [2.24, 2.45) is 11.8 Å². The van der Waals surface area contributed by atoms with Crippen LogP contribution in [0, 0.1) is 29.5 Å². The molecule has 164 valence electrons. The van der Waals surface area contributed by atoms with Gasteiger partial charge in [0.25, 0.3) is 0 Å². The highest BCUT2D eigenvalue weighted by Gasteiger charge is 2.34. The number of halogens is 3. The minimum Gasteiger partial charge on any atom is -0.396 e. The maximum absolute atomic E-state index is 14.1. The van der Waals surface area contributed by atoms with Crippen molar-refractivity contribution >= 4 is 34.8 Å². The van der Waals surface area contributed by atoms with Gasteiger partial charge in [0, 0.05) is 31.1 Å². The van der Waals surface area contributed by atoms with Gasteiger partial charge in [-0.05, 0) is 55.4 Å². The fourth-order valence-corrected chi connectivity index (χ4v) is 4.69. The molecular weight excluding hydrogens is 436 g/mol. The van der Waals surface area contributed by atoms with Crippen LogP contribution in [0.1, 0.15) is 43.7 Å². The first-order valence-electron chi connectivity index (χ1n) is 10.5. The lowest BCUT2D eigenvalue weighted by Gasteiger charge is -2.37. The van der Waals surface area contributed by atoms with Gasteiger partial charge in [-0.2, -0.15) is 0 Å². The number of amides is 1. The summed E-state index contributed by atoms with van der Waals surface area (Å²) in [6, 6.07) is 10.2. The molecule has 0 radical (unpaired) electrons. The molecule has 1 fully saturated rings. The Kier molecular flexibility index (Phi) is 8.37. The molecule has 3 nitrogen and oxygen atoms in total. The third-order valence-corrected chi connectivity index (χ3v) is 6.09. The Balaban J connectivity index is 1.81. The van der Waals surface area contributed by atoms with Crippen LogP contribution in [-0.2, 0) is 11.2 Å². The summed E-state index contributed by atoms with van der Waals surface area (Å²) in [5.74, 6) is 5.73. The molecule has 0 bridgehead atoms. The van der Waals surface area contributed by atoms with Crippen LogP contribution in [0.3, 0.4) is 0 Å². The second-order valence-corrected chi connectivity index (χ2v) is 8.83. The van der Waals surface area contributed by atoms with Crippen LogP contribution in [-0.4, -0.2) is 24.2 Å². The molecule has 1 heterocycles. The van der Waals surface area contributed by atoms with Crippen LogP contribution in [0.5, 0.6) is 0 Å². The van der Waals surface area contributed by atoms with Gasteiger partial charge >= 0.3 is 0 Å². The van der Waals surface area contributed by atoms with E-state index in [-0.39, 0.29) is 30.2 Å². The van der Waals surface area contributed by atoms with E-state index < -0.39 is 0 Å². The van der Waals surface area contributed by atoms with Gasteiger partial charge in [0.1, 0.15) is 5.82 Å². The second-order valence-electron chi connectivity index (χ2n) is 8.02. The predicted molar refractivity (Wildman–Crippen MR) is 124 cm³/mol. The number of hydrogen-bond donors (Lipinski definition) is 1. The number of benzene rings is 2. The highest BCUT2D eigenvalue weighted by Crippen LogP contribution is 2.39. The van der Waals surface area contributed by atoms with E-state index in [1.54, 1.807) is 29.2 Å². The molecule has 6 heteroatoms. The fourth-order valence-electron chi connectivity index (χ4n) is 4.00. The van der Waals surface area contributed by atoms with Crippen molar-refractivity contribution in [1.82, 2.24) is 0 Å². The molecule has 2 aromatic rings. The van der Waals surface area contributed by atoms with Crippen molar-refractivity contribution in [2.75, 3.05) is 18.1 Å². The normalized spacial score (nSPS) is 18.6. The van der Waals surface area contributed by atoms with E-state index in [9.17, 15) is 9.18 Å². The average molecular weight is 462 g/mol. The lowest BCUT2D eigenvalue weighted by molar-refractivity contribution is -0.124. The number of piperidine rings is 1. The Morgan fingerprint density at radius 1 is 1.19 bits per heavy atom. The molecule has 2 aromatic carbocycles. The molecule has 2 atom stereocenters. The topological polar surface area (TPSA) is 40.5 Å². The zero-order valence-corrected chi connectivity index (χ0v) is 19.0. The number of nitrogens with zero attached hydrogens (tertiary/aromatic N) is 1. The van der Waals surface area contributed by atoms with Crippen LogP contribution < -0.4 is 4.90 Å². The zero-order chi connectivity index (χ0) is 22.4. The van der Waals surface area contributed by atoms with Crippen molar-refractivity contribution in [3.05, 3.63) is 63.4 Å². The van der Waals surface area contributed by atoms with Crippen LogP contribution in [0.25, 0.3) is 0 Å². The number of aliphatic hydroxyl groups excluding tert-OH is 1. The third-order valence-electron chi connectivity index (χ3n) is 5.51. The number of carbonyl (C=O) groups excluding carboxylic acids is 1. The zero-order valence-electron chi connectivity index (χ0n) is 17.5. The lowest BCUT2D eigenvalue weighted by Crippen LogP contribution is -2.45. The van der Waals surface area contributed by atoms with Crippen LogP contribution in [0.15, 0.2) is 36.4 Å². The quantitative estimate of drug-likeness (QED) is 0.430. The van der Waals surface area contributed by atoms with Crippen molar-refractivity contribution in [1.29, 1.82) is 0 Å². The van der Waals surface area contributed by atoms with E-state index in [2.05, 4.69) is 11.8 Å². The van der Waals surface area contributed by atoms with E-state index in [4.69, 9.17) is 28.3 Å². The Bertz CT molecular complexity index is 975. The molecule has 1 aliphatic heterocycles. The van der Waals surface area contributed by atoms with Crippen LogP contribution in [0.4, 0.5) is 10.1 Å². The standard InChI is InChI=1S/C25H26Cl2FNO2/c1-17-12-19(13-20-9-5-6-10-23(20)28)16-29(25(17)31)24-21(26)14-18(15-22(24)27)8-4-2-3-7-11-30/h5-6,9-10,14-15,17,19,30H,2-3,7,11-13,16H2,1H3/t17-,19-/m1/s1. The summed E-state index contributed by atoms with van der Waals surface area (Å²) in [6.07, 6.45) is 3.46. The van der Waals surface area contributed by atoms with Gasteiger partial charge in [0.2, 0.25) is 5.91 Å². The van der Waals surface area contributed by atoms with Crippen molar-refractivity contribution in [2.45, 2.75) is 39.0 Å². The molecular formula is C25H26Cl2FNO2. The molecule has 1 N–H and O–H groups in total. The monoisotopic (exact) mass is 461 g/mol. The molecule has 31 heavy (non-hydrogen) atoms. The van der Waals surface area contributed by atoms with Crippen LogP contribution in [0.2, 0.25) is 10.0 Å². The summed E-state index contributed by atoms with van der Waals surface area (Å²) in [5, 5.41) is 9.58. The highest BCUT2D eigenvalue weighted by atomic mass is 35.5. The minimum atomic E-state index is -0.225. The average Bonchev–Trinajstić information content (AvgIpc) is 2.72. The molecule has 1 aliphatic rings. The minimum absolute atomic E-state index is 0.0311. The molecule has 1 saturated heterocycles. The SMILES string of the molecule is C[C@@H]1C[C@H](Cc2ccccc2F)CN(c2c(Cl)cc(C#CCCCCO)cc2Cl)C1=O. The first-order valence-corrected chi connectivity index (χ1v) is 11.3.